The van der Waals surface area contributed by atoms with Crippen molar-refractivity contribution in [2.45, 2.75) is 45.6 Å². The third-order valence-corrected chi connectivity index (χ3v) is 4.07. The Labute approximate surface area is 127 Å². The summed E-state index contributed by atoms with van der Waals surface area (Å²) >= 11 is 0. The van der Waals surface area contributed by atoms with Gasteiger partial charge in [0.25, 0.3) is 0 Å². The Bertz CT molecular complexity index is 437. The molecule has 3 nitrogen and oxygen atoms in total. The highest BCUT2D eigenvalue weighted by Gasteiger charge is 2.24. The molecular formula is C17H28FNO2. The molecule has 0 aliphatic carbocycles. The van der Waals surface area contributed by atoms with Crippen molar-refractivity contribution in [3.05, 3.63) is 23.5 Å². The fraction of sp³-hybridized carbons (Fsp3) is 0.647. The van der Waals surface area contributed by atoms with Crippen molar-refractivity contribution in [2.24, 2.45) is 5.92 Å². The number of nitrogens with one attached hydrogen (secondary N) is 1. The summed E-state index contributed by atoms with van der Waals surface area (Å²) in [6, 6.07) is 3.15. The van der Waals surface area contributed by atoms with Gasteiger partial charge < -0.3 is 14.8 Å². The number of methoxy groups -OCH3 is 2. The number of halogens is 1. The van der Waals surface area contributed by atoms with Crippen molar-refractivity contribution in [3.63, 3.8) is 0 Å². The van der Waals surface area contributed by atoms with E-state index in [4.69, 9.17) is 9.47 Å². The van der Waals surface area contributed by atoms with Crippen molar-refractivity contribution < 1.29 is 13.9 Å². The molecule has 1 aromatic rings. The van der Waals surface area contributed by atoms with Crippen LogP contribution in [0.2, 0.25) is 0 Å². The minimum absolute atomic E-state index is 0.0126. The second kappa shape index (κ2) is 8.88. The van der Waals surface area contributed by atoms with E-state index in [1.807, 2.05) is 7.05 Å². The van der Waals surface area contributed by atoms with E-state index in [2.05, 4.69) is 19.2 Å². The quantitative estimate of drug-likeness (QED) is 0.736. The lowest BCUT2D eigenvalue weighted by atomic mass is 9.86. The van der Waals surface area contributed by atoms with Crippen LogP contribution in [0.1, 0.15) is 51.1 Å². The number of hydrogen-bond acceptors (Lipinski definition) is 3. The van der Waals surface area contributed by atoms with E-state index in [1.165, 1.54) is 13.2 Å². The standard InChI is InChI=1S/C17H28FNO2/c1-6-8-9-12(7-2)17(19-3)13-10-15(20-4)16(21-5)11-14(13)18/h10-12,17,19H,6-9H2,1-5H3. The fourth-order valence-corrected chi connectivity index (χ4v) is 2.83. The molecule has 1 N–H and O–H groups in total. The number of rotatable bonds is 9. The Morgan fingerprint density at radius 2 is 1.76 bits per heavy atom. The van der Waals surface area contributed by atoms with Crippen LogP contribution >= 0.6 is 0 Å². The molecule has 0 radical (unpaired) electrons. The van der Waals surface area contributed by atoms with Gasteiger partial charge in [0, 0.05) is 17.7 Å². The lowest BCUT2D eigenvalue weighted by Gasteiger charge is -2.27. The van der Waals surface area contributed by atoms with Crippen LogP contribution in [0.5, 0.6) is 11.5 Å². The maximum absolute atomic E-state index is 14.4. The van der Waals surface area contributed by atoms with Crippen molar-refractivity contribution in [3.8, 4) is 11.5 Å². The first kappa shape index (κ1) is 17.8. The molecule has 2 atom stereocenters. The summed E-state index contributed by atoms with van der Waals surface area (Å²) < 4.78 is 24.9. The minimum atomic E-state index is -0.248. The van der Waals surface area contributed by atoms with Gasteiger partial charge in [-0.05, 0) is 25.5 Å². The largest absolute Gasteiger partial charge is 0.493 e. The number of unbranched alkanes of at least 4 members (excludes halogenated alkanes) is 1. The zero-order valence-corrected chi connectivity index (χ0v) is 13.8. The van der Waals surface area contributed by atoms with Gasteiger partial charge in [-0.25, -0.2) is 4.39 Å². The smallest absolute Gasteiger partial charge is 0.163 e. The van der Waals surface area contributed by atoms with Gasteiger partial charge in [-0.2, -0.15) is 0 Å². The Balaban J connectivity index is 3.14. The highest BCUT2D eigenvalue weighted by Crippen LogP contribution is 2.36. The highest BCUT2D eigenvalue weighted by atomic mass is 19.1. The van der Waals surface area contributed by atoms with Gasteiger partial charge in [0.1, 0.15) is 5.82 Å². The Morgan fingerprint density at radius 1 is 1.14 bits per heavy atom. The van der Waals surface area contributed by atoms with E-state index in [0.717, 1.165) is 25.7 Å². The molecule has 120 valence electrons. The molecule has 1 rings (SSSR count). The molecule has 1 aromatic carbocycles. The van der Waals surface area contributed by atoms with E-state index in [0.29, 0.717) is 23.0 Å². The molecule has 0 heterocycles. The van der Waals surface area contributed by atoms with E-state index < -0.39 is 0 Å². The van der Waals surface area contributed by atoms with Gasteiger partial charge in [0.05, 0.1) is 14.2 Å². The average Bonchev–Trinajstić information content (AvgIpc) is 2.51. The normalized spacial score (nSPS) is 13.8. The first-order valence-electron chi connectivity index (χ1n) is 7.71. The van der Waals surface area contributed by atoms with Gasteiger partial charge in [0.15, 0.2) is 11.5 Å². The molecule has 0 aliphatic rings. The Morgan fingerprint density at radius 3 is 2.24 bits per heavy atom. The molecule has 0 amide bonds. The summed E-state index contributed by atoms with van der Waals surface area (Å²) in [6.45, 7) is 4.33. The van der Waals surface area contributed by atoms with E-state index in [9.17, 15) is 4.39 Å². The third-order valence-electron chi connectivity index (χ3n) is 4.07. The summed E-state index contributed by atoms with van der Waals surface area (Å²) in [6.07, 6.45) is 4.42. The fourth-order valence-electron chi connectivity index (χ4n) is 2.83. The topological polar surface area (TPSA) is 30.5 Å². The second-order valence-corrected chi connectivity index (χ2v) is 5.31. The average molecular weight is 297 g/mol. The van der Waals surface area contributed by atoms with Gasteiger partial charge in [0.2, 0.25) is 0 Å². The molecule has 0 aliphatic heterocycles. The Kier molecular flexibility index (Phi) is 7.51. The van der Waals surface area contributed by atoms with Crippen LogP contribution in [-0.2, 0) is 0 Å². The second-order valence-electron chi connectivity index (χ2n) is 5.31. The molecule has 0 saturated heterocycles. The van der Waals surface area contributed by atoms with Crippen molar-refractivity contribution in [2.75, 3.05) is 21.3 Å². The van der Waals surface area contributed by atoms with Crippen LogP contribution in [0.25, 0.3) is 0 Å². The van der Waals surface area contributed by atoms with Crippen molar-refractivity contribution in [1.29, 1.82) is 0 Å². The Hall–Kier alpha value is -1.29. The molecule has 4 heteroatoms. The lowest BCUT2D eigenvalue weighted by molar-refractivity contribution is 0.323. The van der Waals surface area contributed by atoms with Gasteiger partial charge >= 0.3 is 0 Å². The van der Waals surface area contributed by atoms with E-state index in [1.54, 1.807) is 13.2 Å². The molecule has 0 fully saturated rings. The van der Waals surface area contributed by atoms with Crippen LogP contribution in [0.4, 0.5) is 4.39 Å². The predicted molar refractivity (Wildman–Crippen MR) is 84.6 cm³/mol. The summed E-state index contributed by atoms with van der Waals surface area (Å²) in [5.41, 5.74) is 0.651. The van der Waals surface area contributed by atoms with Gasteiger partial charge in [-0.15, -0.1) is 0 Å². The van der Waals surface area contributed by atoms with Crippen molar-refractivity contribution in [1.82, 2.24) is 5.32 Å². The SMILES string of the molecule is CCCCC(CC)C(NC)c1cc(OC)c(OC)cc1F. The molecule has 0 saturated carbocycles. The highest BCUT2D eigenvalue weighted by molar-refractivity contribution is 5.44. The van der Waals surface area contributed by atoms with Crippen LogP contribution < -0.4 is 14.8 Å². The van der Waals surface area contributed by atoms with Crippen molar-refractivity contribution >= 4 is 0 Å². The molecule has 0 spiro atoms. The van der Waals surface area contributed by atoms with Crippen LogP contribution in [0.3, 0.4) is 0 Å². The first-order valence-corrected chi connectivity index (χ1v) is 7.71. The predicted octanol–water partition coefficient (Wildman–Crippen LogP) is 4.32. The maximum Gasteiger partial charge on any atom is 0.163 e. The number of hydrogen-bond donors (Lipinski definition) is 1. The summed E-state index contributed by atoms with van der Waals surface area (Å²) in [5.74, 6) is 1.15. The number of benzene rings is 1. The van der Waals surface area contributed by atoms with Gasteiger partial charge in [-0.1, -0.05) is 33.1 Å². The van der Waals surface area contributed by atoms with Crippen LogP contribution in [0.15, 0.2) is 12.1 Å². The molecule has 21 heavy (non-hydrogen) atoms. The summed E-state index contributed by atoms with van der Waals surface area (Å²) in [4.78, 5) is 0. The molecule has 0 bridgehead atoms. The zero-order chi connectivity index (χ0) is 15.8. The van der Waals surface area contributed by atoms with Gasteiger partial charge in [-0.3, -0.25) is 0 Å². The molecular weight excluding hydrogens is 269 g/mol. The number of ether oxygens (including phenoxy) is 2. The van der Waals surface area contributed by atoms with E-state index in [-0.39, 0.29) is 11.9 Å². The van der Waals surface area contributed by atoms with Crippen LogP contribution in [-0.4, -0.2) is 21.3 Å². The summed E-state index contributed by atoms with van der Waals surface area (Å²) in [5, 5.41) is 3.27. The third kappa shape index (κ3) is 4.34. The zero-order valence-electron chi connectivity index (χ0n) is 13.8. The molecule has 2 unspecified atom stereocenters. The first-order chi connectivity index (χ1) is 10.1. The summed E-state index contributed by atoms with van der Waals surface area (Å²) in [7, 11) is 4.97. The lowest BCUT2D eigenvalue weighted by Crippen LogP contribution is -2.26. The van der Waals surface area contributed by atoms with E-state index >= 15 is 0 Å². The minimum Gasteiger partial charge on any atom is -0.493 e. The molecule has 0 aromatic heterocycles. The van der Waals surface area contributed by atoms with Crippen LogP contribution in [0, 0.1) is 11.7 Å². The monoisotopic (exact) mass is 297 g/mol. The maximum atomic E-state index is 14.4.